The van der Waals surface area contributed by atoms with E-state index in [9.17, 15) is 0 Å². The third-order valence-corrected chi connectivity index (χ3v) is 3.94. The van der Waals surface area contributed by atoms with Gasteiger partial charge in [-0.25, -0.2) is 0 Å². The Labute approximate surface area is 126 Å². The molecule has 2 N–H and O–H groups in total. The Hall–Kier alpha value is -2.06. The summed E-state index contributed by atoms with van der Waals surface area (Å²) in [6.07, 6.45) is 2.13. The van der Waals surface area contributed by atoms with Crippen molar-refractivity contribution in [3.63, 3.8) is 0 Å². The van der Waals surface area contributed by atoms with Gasteiger partial charge in [0.05, 0.1) is 0 Å². The number of nitrogens with two attached hydrogens (primary N) is 1. The molecule has 21 heavy (non-hydrogen) atoms. The molecule has 2 aromatic carbocycles. The highest BCUT2D eigenvalue weighted by Crippen LogP contribution is 2.40. The molecule has 1 unspecified atom stereocenters. The zero-order valence-electron chi connectivity index (χ0n) is 12.9. The molecule has 108 valence electrons. The van der Waals surface area contributed by atoms with Crippen LogP contribution in [0.15, 0.2) is 54.6 Å². The Bertz CT molecular complexity index is 665. The average molecular weight is 278 g/mol. The third-order valence-electron chi connectivity index (χ3n) is 3.94. The molecule has 0 bridgehead atoms. The predicted octanol–water partition coefficient (Wildman–Crippen LogP) is 4.26. The molecule has 1 aliphatic heterocycles. The maximum absolute atomic E-state index is 6.59. The molecule has 0 amide bonds. The van der Waals surface area contributed by atoms with Gasteiger partial charge < -0.3 is 10.6 Å². The minimum absolute atomic E-state index is 0.0470. The van der Waals surface area contributed by atoms with Crippen LogP contribution in [0.25, 0.3) is 11.8 Å². The molecule has 0 spiro atoms. The number of benzene rings is 2. The molecule has 1 aliphatic rings. The van der Waals surface area contributed by atoms with Crippen molar-refractivity contribution in [3.05, 3.63) is 71.3 Å². The second-order valence-corrected chi connectivity index (χ2v) is 6.51. The summed E-state index contributed by atoms with van der Waals surface area (Å²) in [5, 5.41) is 0. The molecule has 2 aromatic rings. The molecular weight excluding hydrogens is 256 g/mol. The summed E-state index contributed by atoms with van der Waals surface area (Å²) in [4.78, 5) is 2.31. The summed E-state index contributed by atoms with van der Waals surface area (Å²) in [5.41, 5.74) is 11.3. The fraction of sp³-hybridized carbons (Fsp3) is 0.263. The molecule has 2 heteroatoms. The van der Waals surface area contributed by atoms with E-state index < -0.39 is 0 Å². The maximum atomic E-state index is 6.59. The molecule has 2 nitrogen and oxygen atoms in total. The van der Waals surface area contributed by atoms with Crippen molar-refractivity contribution in [2.24, 2.45) is 5.73 Å². The molecule has 0 aliphatic carbocycles. The molecule has 0 fully saturated rings. The minimum atomic E-state index is -0.124. The van der Waals surface area contributed by atoms with Crippen LogP contribution in [-0.4, -0.2) is 10.4 Å². The van der Waals surface area contributed by atoms with Crippen molar-refractivity contribution in [2.45, 2.75) is 32.5 Å². The van der Waals surface area contributed by atoms with Gasteiger partial charge >= 0.3 is 0 Å². The average Bonchev–Trinajstić information content (AvgIpc) is 2.46. The van der Waals surface area contributed by atoms with Crippen LogP contribution < -0.4 is 5.73 Å². The van der Waals surface area contributed by atoms with Crippen molar-refractivity contribution in [2.75, 3.05) is 0 Å². The Morgan fingerprint density at radius 2 is 1.52 bits per heavy atom. The van der Waals surface area contributed by atoms with Crippen LogP contribution in [0, 0.1) is 0 Å². The number of fused-ring (bicyclic) bond motifs is 1. The van der Waals surface area contributed by atoms with Crippen LogP contribution in [0.3, 0.4) is 0 Å². The third kappa shape index (κ3) is 2.47. The maximum Gasteiger partial charge on any atom is 0.104 e. The summed E-state index contributed by atoms with van der Waals surface area (Å²) in [6.45, 7) is 6.62. The van der Waals surface area contributed by atoms with Crippen molar-refractivity contribution < 1.29 is 0 Å². The molecule has 3 rings (SSSR count). The molecule has 1 heterocycles. The lowest BCUT2D eigenvalue weighted by atomic mass is 9.91. The highest BCUT2D eigenvalue weighted by molar-refractivity contribution is 5.84. The molecular formula is C19H22N2. The van der Waals surface area contributed by atoms with Crippen molar-refractivity contribution >= 4 is 11.8 Å². The van der Waals surface area contributed by atoms with E-state index in [1.165, 1.54) is 22.4 Å². The first-order valence-corrected chi connectivity index (χ1v) is 7.39. The Kier molecular flexibility index (Phi) is 3.34. The fourth-order valence-electron chi connectivity index (χ4n) is 3.03. The van der Waals surface area contributed by atoms with Crippen molar-refractivity contribution in [3.8, 4) is 0 Å². The zero-order valence-corrected chi connectivity index (χ0v) is 12.9. The van der Waals surface area contributed by atoms with E-state index >= 15 is 0 Å². The zero-order chi connectivity index (χ0) is 15.0. The highest BCUT2D eigenvalue weighted by atomic mass is 15.3. The summed E-state index contributed by atoms with van der Waals surface area (Å²) in [7, 11) is 0. The molecule has 0 saturated heterocycles. The van der Waals surface area contributed by atoms with Gasteiger partial charge in [-0.15, -0.1) is 0 Å². The first-order valence-electron chi connectivity index (χ1n) is 7.39. The topological polar surface area (TPSA) is 29.3 Å². The van der Waals surface area contributed by atoms with Gasteiger partial charge in [0, 0.05) is 11.2 Å². The molecule has 0 aromatic heterocycles. The lowest BCUT2D eigenvalue weighted by Crippen LogP contribution is -2.47. The lowest BCUT2D eigenvalue weighted by Gasteiger charge is -2.46. The van der Waals surface area contributed by atoms with Crippen molar-refractivity contribution in [1.29, 1.82) is 0 Å². The van der Waals surface area contributed by atoms with Gasteiger partial charge in [-0.1, -0.05) is 54.6 Å². The summed E-state index contributed by atoms with van der Waals surface area (Å²) in [6, 6.07) is 18.9. The number of rotatable bonds is 1. The molecule has 1 atom stereocenters. The highest BCUT2D eigenvalue weighted by Gasteiger charge is 2.33. The number of hydrogen-bond acceptors (Lipinski definition) is 2. The lowest BCUT2D eigenvalue weighted by molar-refractivity contribution is 0.162. The van der Waals surface area contributed by atoms with Crippen LogP contribution in [0.2, 0.25) is 0 Å². The van der Waals surface area contributed by atoms with E-state index in [2.05, 4.69) is 80.3 Å². The van der Waals surface area contributed by atoms with E-state index in [-0.39, 0.29) is 11.7 Å². The monoisotopic (exact) mass is 278 g/mol. The van der Waals surface area contributed by atoms with E-state index in [4.69, 9.17) is 5.73 Å². The van der Waals surface area contributed by atoms with Gasteiger partial charge in [-0.05, 0) is 43.5 Å². The Morgan fingerprint density at radius 1 is 0.905 bits per heavy atom. The van der Waals surface area contributed by atoms with Crippen LogP contribution in [0.4, 0.5) is 0 Å². The van der Waals surface area contributed by atoms with E-state index in [1.54, 1.807) is 0 Å². The Morgan fingerprint density at radius 3 is 2.19 bits per heavy atom. The van der Waals surface area contributed by atoms with Gasteiger partial charge in [0.2, 0.25) is 0 Å². The summed E-state index contributed by atoms with van der Waals surface area (Å²) in [5.74, 6) is 0. The predicted molar refractivity (Wildman–Crippen MR) is 89.3 cm³/mol. The normalized spacial score (nSPS) is 18.2. The summed E-state index contributed by atoms with van der Waals surface area (Å²) < 4.78 is 0. The van der Waals surface area contributed by atoms with Gasteiger partial charge in [-0.2, -0.15) is 0 Å². The largest absolute Gasteiger partial charge is 0.347 e. The van der Waals surface area contributed by atoms with Crippen LogP contribution in [0.5, 0.6) is 0 Å². The first kappa shape index (κ1) is 13.9. The van der Waals surface area contributed by atoms with Gasteiger partial charge in [-0.3, -0.25) is 0 Å². The van der Waals surface area contributed by atoms with Crippen molar-refractivity contribution in [1.82, 2.24) is 4.90 Å². The SMILES string of the molecule is CC(C)(C)N1C(c2ccccc2)=Cc2ccccc2C1N. The van der Waals surface area contributed by atoms with E-state index in [1.807, 2.05) is 6.07 Å². The minimum Gasteiger partial charge on any atom is -0.347 e. The van der Waals surface area contributed by atoms with E-state index in [0.29, 0.717) is 0 Å². The van der Waals surface area contributed by atoms with Gasteiger partial charge in [0.1, 0.15) is 6.17 Å². The first-order chi connectivity index (χ1) is 9.98. The standard InChI is InChI=1S/C19H22N2/c1-19(2,3)21-17(14-9-5-4-6-10-14)13-15-11-7-8-12-16(15)18(21)20/h4-13,18H,20H2,1-3H3. The second-order valence-electron chi connectivity index (χ2n) is 6.51. The van der Waals surface area contributed by atoms with E-state index in [0.717, 1.165) is 0 Å². The smallest absolute Gasteiger partial charge is 0.104 e. The Balaban J connectivity index is 2.20. The quantitative estimate of drug-likeness (QED) is 0.844. The molecule has 0 radical (unpaired) electrons. The number of nitrogens with zero attached hydrogens (tertiary/aromatic N) is 1. The van der Waals surface area contributed by atoms with Crippen LogP contribution in [-0.2, 0) is 0 Å². The fourth-order valence-corrected chi connectivity index (χ4v) is 3.03. The molecule has 0 saturated carbocycles. The van der Waals surface area contributed by atoms with Crippen LogP contribution in [0.1, 0.15) is 43.6 Å². The number of hydrogen-bond donors (Lipinski definition) is 1. The second kappa shape index (κ2) is 5.05. The van der Waals surface area contributed by atoms with Gasteiger partial charge in [0.15, 0.2) is 0 Å². The van der Waals surface area contributed by atoms with Gasteiger partial charge in [0.25, 0.3) is 0 Å². The van der Waals surface area contributed by atoms with Crippen LogP contribution >= 0.6 is 0 Å². The summed E-state index contributed by atoms with van der Waals surface area (Å²) >= 11 is 0.